The molecule has 118 valence electrons. The smallest absolute Gasteiger partial charge is 0.313 e. The lowest BCUT2D eigenvalue weighted by Crippen LogP contribution is -2.29. The molecule has 0 aliphatic carbocycles. The Kier molecular flexibility index (Phi) is 4.92. The van der Waals surface area contributed by atoms with Crippen LogP contribution in [0.5, 0.6) is 0 Å². The standard InChI is InChI=1S/C12H19N3O4S2/c1-8(2)11-13-14-12(20-6-10(16)17)15(11)9-4-3-5-21(18,19)7-9/h8-9H,3-7H2,1-2H3,(H,16,17). The van der Waals surface area contributed by atoms with Gasteiger partial charge in [-0.3, -0.25) is 4.79 Å². The van der Waals surface area contributed by atoms with Crippen molar-refractivity contribution in [1.29, 1.82) is 0 Å². The Labute approximate surface area is 128 Å². The Morgan fingerprint density at radius 1 is 1.48 bits per heavy atom. The van der Waals surface area contributed by atoms with Gasteiger partial charge in [0.15, 0.2) is 15.0 Å². The molecule has 2 rings (SSSR count). The lowest BCUT2D eigenvalue weighted by atomic mass is 10.1. The number of aliphatic carboxylic acids is 1. The van der Waals surface area contributed by atoms with Crippen molar-refractivity contribution in [2.75, 3.05) is 17.3 Å². The van der Waals surface area contributed by atoms with E-state index in [0.717, 1.165) is 18.2 Å². The summed E-state index contributed by atoms with van der Waals surface area (Å²) in [5, 5.41) is 17.5. The van der Waals surface area contributed by atoms with Crippen LogP contribution in [0.15, 0.2) is 5.16 Å². The first-order chi connectivity index (χ1) is 9.80. The monoisotopic (exact) mass is 333 g/mol. The average molecular weight is 333 g/mol. The molecule has 1 N–H and O–H groups in total. The molecule has 0 radical (unpaired) electrons. The summed E-state index contributed by atoms with van der Waals surface area (Å²) in [6, 6.07) is -0.201. The van der Waals surface area contributed by atoms with Gasteiger partial charge in [-0.1, -0.05) is 25.6 Å². The van der Waals surface area contributed by atoms with Gasteiger partial charge in [-0.25, -0.2) is 8.42 Å². The van der Waals surface area contributed by atoms with Crippen LogP contribution in [0.2, 0.25) is 0 Å². The highest BCUT2D eigenvalue weighted by Gasteiger charge is 2.30. The predicted octanol–water partition coefficient (Wildman–Crippen LogP) is 1.33. The molecule has 1 aliphatic rings. The molecule has 0 saturated carbocycles. The van der Waals surface area contributed by atoms with Crippen LogP contribution in [-0.2, 0) is 14.6 Å². The van der Waals surface area contributed by atoms with E-state index in [9.17, 15) is 13.2 Å². The Morgan fingerprint density at radius 3 is 2.76 bits per heavy atom. The Hall–Kier alpha value is -1.09. The highest BCUT2D eigenvalue weighted by atomic mass is 32.2. The minimum atomic E-state index is -3.05. The summed E-state index contributed by atoms with van der Waals surface area (Å²) in [5.41, 5.74) is 0. The first kappa shape index (κ1) is 16.3. The number of hydrogen-bond acceptors (Lipinski definition) is 6. The van der Waals surface area contributed by atoms with E-state index in [4.69, 9.17) is 5.11 Å². The van der Waals surface area contributed by atoms with Gasteiger partial charge in [0.2, 0.25) is 0 Å². The summed E-state index contributed by atoms with van der Waals surface area (Å²) in [4.78, 5) is 10.7. The molecule has 1 aromatic heterocycles. The van der Waals surface area contributed by atoms with Crippen LogP contribution >= 0.6 is 11.8 Å². The van der Waals surface area contributed by atoms with Crippen molar-refractivity contribution in [1.82, 2.24) is 14.8 Å². The normalized spacial score (nSPS) is 21.6. The first-order valence-corrected chi connectivity index (χ1v) is 9.60. The molecule has 7 nitrogen and oxygen atoms in total. The molecule has 1 aliphatic heterocycles. The van der Waals surface area contributed by atoms with E-state index >= 15 is 0 Å². The van der Waals surface area contributed by atoms with Crippen LogP contribution in [0.4, 0.5) is 0 Å². The fraction of sp³-hybridized carbons (Fsp3) is 0.750. The number of aromatic nitrogens is 3. The zero-order valence-electron chi connectivity index (χ0n) is 12.0. The van der Waals surface area contributed by atoms with Crippen LogP contribution in [-0.4, -0.2) is 51.5 Å². The molecule has 9 heteroatoms. The molecule has 1 aromatic rings. The van der Waals surface area contributed by atoms with Crippen LogP contribution in [0.25, 0.3) is 0 Å². The fourth-order valence-electron chi connectivity index (χ4n) is 2.45. The van der Waals surface area contributed by atoms with Gasteiger partial charge in [-0.2, -0.15) is 0 Å². The highest BCUT2D eigenvalue weighted by Crippen LogP contribution is 2.31. The maximum atomic E-state index is 11.9. The number of rotatable bonds is 5. The second kappa shape index (κ2) is 6.35. The summed E-state index contributed by atoms with van der Waals surface area (Å²) in [6.45, 7) is 3.92. The van der Waals surface area contributed by atoms with Crippen molar-refractivity contribution in [3.05, 3.63) is 5.82 Å². The van der Waals surface area contributed by atoms with E-state index in [2.05, 4.69) is 10.2 Å². The third kappa shape index (κ3) is 3.97. The molecule has 0 amide bonds. The molecule has 1 atom stereocenters. The third-order valence-electron chi connectivity index (χ3n) is 3.34. The second-order valence-electron chi connectivity index (χ2n) is 5.46. The Balaban J connectivity index is 2.34. The molecule has 0 spiro atoms. The van der Waals surface area contributed by atoms with Crippen molar-refractivity contribution >= 4 is 27.6 Å². The molecule has 1 unspecified atom stereocenters. The molecular weight excluding hydrogens is 314 g/mol. The van der Waals surface area contributed by atoms with Gasteiger partial charge in [0.25, 0.3) is 0 Å². The van der Waals surface area contributed by atoms with Gasteiger partial charge >= 0.3 is 5.97 Å². The van der Waals surface area contributed by atoms with Gasteiger partial charge in [-0.05, 0) is 12.8 Å². The summed E-state index contributed by atoms with van der Waals surface area (Å²) >= 11 is 1.08. The van der Waals surface area contributed by atoms with Crippen molar-refractivity contribution in [3.8, 4) is 0 Å². The van der Waals surface area contributed by atoms with E-state index < -0.39 is 15.8 Å². The number of carboxylic acids is 1. The molecular formula is C12H19N3O4S2. The van der Waals surface area contributed by atoms with Gasteiger partial charge in [0.05, 0.1) is 23.3 Å². The third-order valence-corrected chi connectivity index (χ3v) is 6.07. The maximum Gasteiger partial charge on any atom is 0.313 e. The van der Waals surface area contributed by atoms with Crippen molar-refractivity contribution < 1.29 is 18.3 Å². The highest BCUT2D eigenvalue weighted by molar-refractivity contribution is 7.99. The van der Waals surface area contributed by atoms with E-state index in [1.165, 1.54) is 0 Å². The van der Waals surface area contributed by atoms with Gasteiger partial charge < -0.3 is 9.67 Å². The largest absolute Gasteiger partial charge is 0.481 e. The SMILES string of the molecule is CC(C)c1nnc(SCC(=O)O)n1C1CCCS(=O)(=O)C1. The first-order valence-electron chi connectivity index (χ1n) is 6.80. The van der Waals surface area contributed by atoms with Crippen LogP contribution < -0.4 is 0 Å². The minimum Gasteiger partial charge on any atom is -0.481 e. The number of hydrogen-bond donors (Lipinski definition) is 1. The average Bonchev–Trinajstić information content (AvgIpc) is 2.78. The van der Waals surface area contributed by atoms with Crippen molar-refractivity contribution in [3.63, 3.8) is 0 Å². The maximum absolute atomic E-state index is 11.9. The van der Waals surface area contributed by atoms with Crippen molar-refractivity contribution in [2.24, 2.45) is 0 Å². The Bertz CT molecular complexity index is 624. The Morgan fingerprint density at radius 2 is 2.19 bits per heavy atom. The lowest BCUT2D eigenvalue weighted by Gasteiger charge is -2.26. The molecule has 2 heterocycles. The van der Waals surface area contributed by atoms with Gasteiger partial charge in [0, 0.05) is 5.92 Å². The number of sulfone groups is 1. The molecule has 0 aromatic carbocycles. The second-order valence-corrected chi connectivity index (χ2v) is 8.63. The zero-order chi connectivity index (χ0) is 15.6. The fourth-order valence-corrected chi connectivity index (χ4v) is 4.86. The van der Waals surface area contributed by atoms with E-state index in [0.29, 0.717) is 17.4 Å². The molecule has 0 bridgehead atoms. The summed E-state index contributed by atoms with van der Waals surface area (Å²) in [7, 11) is -3.05. The number of carboxylic acid groups (broad SMARTS) is 1. The van der Waals surface area contributed by atoms with E-state index in [1.54, 1.807) is 0 Å². The summed E-state index contributed by atoms with van der Waals surface area (Å²) < 4.78 is 25.5. The number of thioether (sulfide) groups is 1. The zero-order valence-corrected chi connectivity index (χ0v) is 13.7. The predicted molar refractivity (Wildman–Crippen MR) is 79.4 cm³/mol. The molecule has 21 heavy (non-hydrogen) atoms. The van der Waals surface area contributed by atoms with Crippen LogP contribution in [0, 0.1) is 0 Å². The summed E-state index contributed by atoms with van der Waals surface area (Å²) in [6.07, 6.45) is 1.36. The van der Waals surface area contributed by atoms with E-state index in [1.807, 2.05) is 18.4 Å². The number of nitrogens with zero attached hydrogens (tertiary/aromatic N) is 3. The molecule has 1 fully saturated rings. The van der Waals surface area contributed by atoms with Gasteiger partial charge in [0.1, 0.15) is 5.82 Å². The van der Waals surface area contributed by atoms with Gasteiger partial charge in [-0.15, -0.1) is 10.2 Å². The van der Waals surface area contributed by atoms with E-state index in [-0.39, 0.29) is 29.2 Å². The quantitative estimate of drug-likeness (QED) is 0.811. The van der Waals surface area contributed by atoms with Crippen LogP contribution in [0.1, 0.15) is 44.5 Å². The topological polar surface area (TPSA) is 102 Å². The van der Waals surface area contributed by atoms with Crippen molar-refractivity contribution in [2.45, 2.75) is 43.8 Å². The minimum absolute atomic E-state index is 0.0748. The van der Waals surface area contributed by atoms with Crippen LogP contribution in [0.3, 0.4) is 0 Å². The molecule has 1 saturated heterocycles. The summed E-state index contributed by atoms with van der Waals surface area (Å²) in [5.74, 6) is 0.0598. The number of carbonyl (C=O) groups is 1. The lowest BCUT2D eigenvalue weighted by molar-refractivity contribution is -0.133.